The highest BCUT2D eigenvalue weighted by Crippen LogP contribution is 2.32. The lowest BCUT2D eigenvalue weighted by Crippen LogP contribution is -2.27. The van der Waals surface area contributed by atoms with Crippen molar-refractivity contribution < 1.29 is 22.7 Å². The van der Waals surface area contributed by atoms with Crippen LogP contribution >= 0.6 is 15.9 Å². The van der Waals surface area contributed by atoms with Crippen molar-refractivity contribution in [2.75, 3.05) is 6.79 Å². The fourth-order valence-corrected chi connectivity index (χ4v) is 4.42. The second kappa shape index (κ2) is 7.14. The highest BCUT2D eigenvalue weighted by Gasteiger charge is 2.28. The van der Waals surface area contributed by atoms with Crippen LogP contribution in [-0.2, 0) is 16.6 Å². The van der Waals surface area contributed by atoms with Crippen LogP contribution in [0.25, 0.3) is 0 Å². The molecule has 2 N–H and O–H groups in total. The molecule has 0 atom stereocenters. The number of halogens is 1. The first-order valence-corrected chi connectivity index (χ1v) is 10.7. The van der Waals surface area contributed by atoms with Gasteiger partial charge in [0.25, 0.3) is 5.91 Å². The first-order valence-electron chi connectivity index (χ1n) is 8.41. The molecule has 0 bridgehead atoms. The molecular formula is C18H17BrN2O5S. The molecule has 4 rings (SSSR count). The van der Waals surface area contributed by atoms with Gasteiger partial charge in [0.15, 0.2) is 11.5 Å². The third kappa shape index (κ3) is 4.10. The fraction of sp³-hybridized carbons (Fsp3) is 0.278. The van der Waals surface area contributed by atoms with Crippen molar-refractivity contribution in [2.24, 2.45) is 0 Å². The number of hydrogen-bond acceptors (Lipinski definition) is 5. The lowest BCUT2D eigenvalue weighted by molar-refractivity contribution is 0.0950. The molecule has 0 unspecified atom stereocenters. The summed E-state index contributed by atoms with van der Waals surface area (Å²) < 4.78 is 38.5. The minimum atomic E-state index is -3.63. The summed E-state index contributed by atoms with van der Waals surface area (Å²) in [5.74, 6) is 0.944. The molecule has 2 aromatic carbocycles. The molecule has 1 amide bonds. The number of sulfonamides is 1. The molecule has 1 fully saturated rings. The predicted octanol–water partition coefficient (Wildman–Crippen LogP) is 2.55. The zero-order valence-corrected chi connectivity index (χ0v) is 16.6. The largest absolute Gasteiger partial charge is 0.454 e. The minimum absolute atomic E-state index is 0.00179. The summed E-state index contributed by atoms with van der Waals surface area (Å²) in [6.45, 7) is 0.466. The molecule has 1 aliphatic heterocycles. The number of hydrogen-bond donors (Lipinski definition) is 2. The standard InChI is InChI=1S/C18H17BrN2O5S/c19-15-5-4-13(27(23,24)21-12-2-3-12)8-14(15)18(22)20-9-11-1-6-16-17(7-11)26-10-25-16/h1,4-8,12,21H,2-3,9-10H2,(H,20,22). The molecule has 7 nitrogen and oxygen atoms in total. The SMILES string of the molecule is O=C(NCc1ccc2c(c1)OCO2)c1cc(S(=O)(=O)NC2CC2)ccc1Br. The Labute approximate surface area is 165 Å². The Kier molecular flexibility index (Phi) is 4.83. The summed E-state index contributed by atoms with van der Waals surface area (Å²) in [5, 5.41) is 2.80. The summed E-state index contributed by atoms with van der Waals surface area (Å²) in [6.07, 6.45) is 1.69. The molecule has 9 heteroatoms. The Balaban J connectivity index is 1.48. The van der Waals surface area contributed by atoms with Crippen LogP contribution in [0.3, 0.4) is 0 Å². The van der Waals surface area contributed by atoms with Crippen molar-refractivity contribution in [2.45, 2.75) is 30.3 Å². The van der Waals surface area contributed by atoms with Crippen molar-refractivity contribution >= 4 is 31.9 Å². The maximum atomic E-state index is 12.6. The second-order valence-electron chi connectivity index (χ2n) is 6.41. The van der Waals surface area contributed by atoms with Gasteiger partial charge in [0.05, 0.1) is 10.5 Å². The van der Waals surface area contributed by atoms with Crippen molar-refractivity contribution in [3.8, 4) is 11.5 Å². The number of amides is 1. The minimum Gasteiger partial charge on any atom is -0.454 e. The maximum Gasteiger partial charge on any atom is 0.252 e. The lowest BCUT2D eigenvalue weighted by Gasteiger charge is -2.10. The van der Waals surface area contributed by atoms with E-state index in [4.69, 9.17) is 9.47 Å². The van der Waals surface area contributed by atoms with E-state index in [1.165, 1.54) is 12.1 Å². The molecule has 142 valence electrons. The third-order valence-corrected chi connectivity index (χ3v) is 6.49. The molecule has 1 heterocycles. The molecule has 0 aromatic heterocycles. The topological polar surface area (TPSA) is 93.7 Å². The number of ether oxygens (including phenoxy) is 2. The Morgan fingerprint density at radius 2 is 1.89 bits per heavy atom. The molecular weight excluding hydrogens is 436 g/mol. The zero-order chi connectivity index (χ0) is 19.0. The highest BCUT2D eigenvalue weighted by atomic mass is 79.9. The molecule has 27 heavy (non-hydrogen) atoms. The quantitative estimate of drug-likeness (QED) is 0.702. The number of rotatable bonds is 6. The van der Waals surface area contributed by atoms with Crippen molar-refractivity contribution in [3.05, 3.63) is 52.0 Å². The molecule has 0 saturated heterocycles. The third-order valence-electron chi connectivity index (χ3n) is 4.28. The summed E-state index contributed by atoms with van der Waals surface area (Å²) in [4.78, 5) is 12.6. The van der Waals surface area contributed by atoms with Gasteiger partial charge in [-0.3, -0.25) is 4.79 Å². The summed E-state index contributed by atoms with van der Waals surface area (Å²) >= 11 is 3.32. The number of carbonyl (C=O) groups excluding carboxylic acids is 1. The molecule has 2 aromatic rings. The second-order valence-corrected chi connectivity index (χ2v) is 8.98. The highest BCUT2D eigenvalue weighted by molar-refractivity contribution is 9.10. The number of carbonyl (C=O) groups is 1. The molecule has 0 radical (unpaired) electrons. The van der Waals surface area contributed by atoms with Gasteiger partial charge in [-0.1, -0.05) is 6.07 Å². The van der Waals surface area contributed by atoms with Gasteiger partial charge in [-0.15, -0.1) is 0 Å². The summed E-state index contributed by atoms with van der Waals surface area (Å²) in [7, 11) is -3.63. The van der Waals surface area contributed by atoms with E-state index in [1.54, 1.807) is 18.2 Å². The first-order chi connectivity index (χ1) is 12.9. The van der Waals surface area contributed by atoms with E-state index in [9.17, 15) is 13.2 Å². The average Bonchev–Trinajstić information content (AvgIpc) is 3.31. The number of benzene rings is 2. The van der Waals surface area contributed by atoms with E-state index in [-0.39, 0.29) is 35.7 Å². The van der Waals surface area contributed by atoms with Crippen LogP contribution in [0.1, 0.15) is 28.8 Å². The van der Waals surface area contributed by atoms with Gasteiger partial charge in [0.2, 0.25) is 16.8 Å². The Morgan fingerprint density at radius 1 is 1.11 bits per heavy atom. The van der Waals surface area contributed by atoms with E-state index in [2.05, 4.69) is 26.0 Å². The van der Waals surface area contributed by atoms with Gasteiger partial charge in [-0.2, -0.15) is 0 Å². The van der Waals surface area contributed by atoms with E-state index in [1.807, 2.05) is 6.07 Å². The molecule has 0 spiro atoms. The van der Waals surface area contributed by atoms with Crippen LogP contribution in [0.4, 0.5) is 0 Å². The fourth-order valence-electron chi connectivity index (χ4n) is 2.66. The van der Waals surface area contributed by atoms with Crippen molar-refractivity contribution in [1.82, 2.24) is 10.0 Å². The van der Waals surface area contributed by atoms with E-state index < -0.39 is 10.0 Å². The van der Waals surface area contributed by atoms with Gasteiger partial charge >= 0.3 is 0 Å². The summed E-state index contributed by atoms with van der Waals surface area (Å²) in [5.41, 5.74) is 1.11. The normalized spacial score (nSPS) is 15.6. The van der Waals surface area contributed by atoms with Gasteiger partial charge in [-0.05, 0) is 64.7 Å². The number of nitrogens with one attached hydrogen (secondary N) is 2. The first kappa shape index (κ1) is 18.3. The van der Waals surface area contributed by atoms with Crippen LogP contribution in [0.2, 0.25) is 0 Å². The van der Waals surface area contributed by atoms with Crippen LogP contribution in [0.15, 0.2) is 45.8 Å². The van der Waals surface area contributed by atoms with Crippen LogP contribution < -0.4 is 19.5 Å². The molecule has 2 aliphatic rings. The van der Waals surface area contributed by atoms with Gasteiger partial charge in [-0.25, -0.2) is 13.1 Å². The van der Waals surface area contributed by atoms with Gasteiger partial charge in [0.1, 0.15) is 0 Å². The van der Waals surface area contributed by atoms with E-state index >= 15 is 0 Å². The van der Waals surface area contributed by atoms with E-state index in [0.29, 0.717) is 16.0 Å². The van der Waals surface area contributed by atoms with Gasteiger partial charge in [0, 0.05) is 17.1 Å². The molecule has 1 saturated carbocycles. The smallest absolute Gasteiger partial charge is 0.252 e. The number of fused-ring (bicyclic) bond motifs is 1. The Morgan fingerprint density at radius 3 is 2.67 bits per heavy atom. The average molecular weight is 453 g/mol. The van der Waals surface area contributed by atoms with Crippen molar-refractivity contribution in [1.29, 1.82) is 0 Å². The van der Waals surface area contributed by atoms with Crippen LogP contribution in [0, 0.1) is 0 Å². The Hall–Kier alpha value is -2.10. The van der Waals surface area contributed by atoms with Gasteiger partial charge < -0.3 is 14.8 Å². The lowest BCUT2D eigenvalue weighted by atomic mass is 10.2. The predicted molar refractivity (Wildman–Crippen MR) is 101 cm³/mol. The van der Waals surface area contributed by atoms with E-state index in [0.717, 1.165) is 18.4 Å². The monoisotopic (exact) mass is 452 g/mol. The summed E-state index contributed by atoms with van der Waals surface area (Å²) in [6, 6.07) is 9.85. The van der Waals surface area contributed by atoms with Crippen LogP contribution in [-0.4, -0.2) is 27.2 Å². The molecule has 1 aliphatic carbocycles. The maximum absolute atomic E-state index is 12.6. The van der Waals surface area contributed by atoms with Crippen molar-refractivity contribution in [3.63, 3.8) is 0 Å². The van der Waals surface area contributed by atoms with Crippen LogP contribution in [0.5, 0.6) is 11.5 Å². The zero-order valence-electron chi connectivity index (χ0n) is 14.2. The Bertz CT molecular complexity index is 1000.